The lowest BCUT2D eigenvalue weighted by molar-refractivity contribution is -0.299. The first kappa shape index (κ1) is 78.3. The molecule has 4 fully saturated rings. The number of esters is 2. The van der Waals surface area contributed by atoms with Gasteiger partial charge in [0.15, 0.2) is 12.6 Å². The fraction of sp³-hybridized carbons (Fsp3) is 0.859. The van der Waals surface area contributed by atoms with Crippen LogP contribution in [0.5, 0.6) is 0 Å². The van der Waals surface area contributed by atoms with Gasteiger partial charge in [0.25, 0.3) is 0 Å². The van der Waals surface area contributed by atoms with Crippen molar-refractivity contribution >= 4 is 17.8 Å². The normalized spacial score (nSPS) is 45.2. The van der Waals surface area contributed by atoms with Gasteiger partial charge in [0.1, 0.15) is 47.8 Å². The van der Waals surface area contributed by atoms with Gasteiger partial charge in [-0.3, -0.25) is 24.2 Å². The van der Waals surface area contributed by atoms with Gasteiger partial charge in [0, 0.05) is 62.9 Å². The number of ether oxygens (including phenoxy) is 6. The quantitative estimate of drug-likeness (QED) is 0.139. The Hall–Kier alpha value is -3.13. The predicted octanol–water partition coefficient (Wildman–Crippen LogP) is 0.198. The number of rotatable bonds is 10. The van der Waals surface area contributed by atoms with Gasteiger partial charge < -0.3 is 99.9 Å². The summed E-state index contributed by atoms with van der Waals surface area (Å²) in [7, 11) is 6.65. The van der Waals surface area contributed by atoms with Crippen molar-refractivity contribution in [2.75, 3.05) is 41.3 Å². The smallest absolute Gasteiger partial charge is 0.311 e. The summed E-state index contributed by atoms with van der Waals surface area (Å²) in [5.74, 6) is -5.97. The van der Waals surface area contributed by atoms with Crippen molar-refractivity contribution in [3.05, 3.63) is 35.9 Å². The van der Waals surface area contributed by atoms with Gasteiger partial charge in [-0.2, -0.15) is 0 Å². The molecule has 1 aromatic carbocycles. The molecule has 1 aromatic rings. The van der Waals surface area contributed by atoms with E-state index >= 15 is 0 Å². The van der Waals surface area contributed by atoms with Crippen molar-refractivity contribution in [3.63, 3.8) is 0 Å². The topological polar surface area (TPSA) is 371 Å². The molecule has 0 aliphatic carbocycles. The summed E-state index contributed by atoms with van der Waals surface area (Å²) in [4.78, 5) is 44.6. The van der Waals surface area contributed by atoms with Crippen LogP contribution < -0.4 is 5.32 Å². The Morgan fingerprint density at radius 2 is 1.00 bits per heavy atom. The van der Waals surface area contributed by atoms with Crippen LogP contribution in [0.3, 0.4) is 0 Å². The lowest BCUT2D eigenvalue weighted by Crippen LogP contribution is -2.60. The molecule has 5 rings (SSSR count). The SMILES string of the molecule is CC[C@H]1OC(=O)[C@H](C)[C@@H](O)[C@H](C)[C@@H](O[C@@H]2O[C@H](C)C[C@H](N(C)C(=O)Cc3ccccc3)[C@H]2O)[C@](C)(O)C[C@@H](O)CN(C)[C@H](C)[C@@H](O)[C@]1(C)O.CC[C@H]1OC(=O)[C@H](C)[C@@H](O)[C@H](C)[C@@H](O[C@@H]2O[C@H](C)C[C@H](NC)[C@H]2O)[C@](C)(O)C[C@@H](O)CN(C)[C@H](C)[C@@H](O)[C@]1(C)O. The van der Waals surface area contributed by atoms with E-state index in [9.17, 15) is 75.7 Å². The third kappa shape index (κ3) is 19.5. The van der Waals surface area contributed by atoms with Crippen LogP contribution in [0.15, 0.2) is 30.3 Å². The molecule has 0 aromatic heterocycles. The second kappa shape index (κ2) is 32.8. The van der Waals surface area contributed by atoms with E-state index in [1.807, 2.05) is 37.3 Å². The van der Waals surface area contributed by atoms with E-state index < -0.39 is 168 Å². The minimum atomic E-state index is -1.87. The van der Waals surface area contributed by atoms with E-state index in [2.05, 4.69) is 5.32 Å². The van der Waals surface area contributed by atoms with Crippen molar-refractivity contribution in [2.24, 2.45) is 23.7 Å². The van der Waals surface area contributed by atoms with Gasteiger partial charge in [0.2, 0.25) is 5.91 Å². The second-order valence-corrected chi connectivity index (χ2v) is 27.4. The second-order valence-electron chi connectivity index (χ2n) is 27.4. The molecule has 4 heterocycles. The number of β-amino-alcohol motifs (C(OH)–C–C–N with tert-alkyl or cyclic N) is 2. The standard InChI is InChI=1S/C36H60N2O11.C28H54N2O10/c1-10-27-36(7,46)31(43)23(5)37(8)19-25(39)18-35(6,45)32(21(3)29(41)22(4)33(44)48-27)49-34-30(42)26(16-20(2)47-34)38(9)28(40)17-24-14-12-11-13-15-24;1-10-20-28(7,37)23(34)17(5)30(9)13-18(31)12-27(6,36)24(15(3)21(32)16(4)25(35)39-20)40-26-22(33)19(29-8)11-14(2)38-26/h11-15,20-23,25-27,29-32,34,39,41-43,45-46H,10,16-19H2,1-9H3;14-24,26,29,31-34,36-37H,10-13H2,1-9H3/t20-,21+,22-,23-,25-,26+,27-,29+,30-,31-,32-,34+,35-,36-;14-,15+,16-,17-,18-,19+,20-,21+,22-,23-,24-,26+,27-,28-/m11/s1. The van der Waals surface area contributed by atoms with Crippen LogP contribution in [0, 0.1) is 23.7 Å². The number of carbonyl (C=O) groups is 3. The van der Waals surface area contributed by atoms with Gasteiger partial charge >= 0.3 is 11.9 Å². The minimum Gasteiger partial charge on any atom is -0.459 e. The lowest BCUT2D eigenvalue weighted by atomic mass is 9.79. The minimum absolute atomic E-state index is 0.0168. The summed E-state index contributed by atoms with van der Waals surface area (Å²) in [5.41, 5.74) is -6.47. The van der Waals surface area contributed by atoms with Crippen LogP contribution in [-0.2, 0) is 49.2 Å². The van der Waals surface area contributed by atoms with E-state index in [1.165, 1.54) is 46.4 Å². The van der Waals surface area contributed by atoms with Crippen LogP contribution in [0.1, 0.15) is 141 Å². The highest BCUT2D eigenvalue weighted by molar-refractivity contribution is 5.79. The van der Waals surface area contributed by atoms with Crippen LogP contribution in [0.2, 0.25) is 0 Å². The lowest BCUT2D eigenvalue weighted by Gasteiger charge is -2.47. The molecule has 516 valence electrons. The zero-order valence-electron chi connectivity index (χ0n) is 56.0. The molecule has 28 atom stereocenters. The number of carbonyl (C=O) groups excluding carboxylic acids is 3. The number of hydrogen-bond acceptors (Lipinski definition) is 24. The number of amides is 1. The molecular weight excluding hydrogens is 1160 g/mol. The van der Waals surface area contributed by atoms with Crippen molar-refractivity contribution in [3.8, 4) is 0 Å². The van der Waals surface area contributed by atoms with Gasteiger partial charge in [-0.1, -0.05) is 58.0 Å². The van der Waals surface area contributed by atoms with E-state index in [1.54, 1.807) is 86.5 Å². The Morgan fingerprint density at radius 1 is 0.618 bits per heavy atom. The Labute approximate surface area is 527 Å². The Kier molecular flexibility index (Phi) is 28.9. The monoisotopic (exact) mass is 1270 g/mol. The number of nitrogens with one attached hydrogen (secondary N) is 1. The van der Waals surface area contributed by atoms with Crippen molar-refractivity contribution < 1.29 is 104 Å². The summed E-state index contributed by atoms with van der Waals surface area (Å²) < 4.78 is 35.8. The molecule has 1 amide bonds. The Balaban J connectivity index is 0.000000389. The number of nitrogens with zero attached hydrogens (tertiary/aromatic N) is 3. The largest absolute Gasteiger partial charge is 0.459 e. The van der Waals surface area contributed by atoms with Crippen molar-refractivity contribution in [1.82, 2.24) is 20.0 Å². The fourth-order valence-electron chi connectivity index (χ4n) is 13.4. The molecular formula is C64H114N4O21. The molecule has 4 aliphatic rings. The Bertz CT molecular complexity index is 2340. The number of aliphatic hydroxyl groups excluding tert-OH is 8. The summed E-state index contributed by atoms with van der Waals surface area (Å²) in [6.45, 7) is 22.2. The average Bonchev–Trinajstić information content (AvgIpc) is 2.84. The molecule has 0 unspecified atom stereocenters. The molecule has 0 saturated carbocycles. The number of aliphatic hydroxyl groups is 12. The number of cyclic esters (lactones) is 2. The maximum Gasteiger partial charge on any atom is 0.311 e. The van der Waals surface area contributed by atoms with Crippen molar-refractivity contribution in [2.45, 2.75) is 286 Å². The zero-order chi connectivity index (χ0) is 67.7. The highest BCUT2D eigenvalue weighted by Gasteiger charge is 2.53. The highest BCUT2D eigenvalue weighted by atomic mass is 16.7. The zero-order valence-corrected chi connectivity index (χ0v) is 56.0. The highest BCUT2D eigenvalue weighted by Crippen LogP contribution is 2.39. The van der Waals surface area contributed by atoms with Gasteiger partial charge in [0.05, 0.1) is 84.3 Å². The fourth-order valence-corrected chi connectivity index (χ4v) is 13.4. The summed E-state index contributed by atoms with van der Waals surface area (Å²) in [5, 5.41) is 139. The summed E-state index contributed by atoms with van der Waals surface area (Å²) >= 11 is 0. The first-order valence-corrected chi connectivity index (χ1v) is 31.8. The number of likely N-dealkylation sites (N-methyl/N-ethyl adjacent to an activating group) is 4. The third-order valence-electron chi connectivity index (χ3n) is 19.7. The molecule has 25 heteroatoms. The molecule has 4 aliphatic heterocycles. The van der Waals surface area contributed by atoms with Crippen LogP contribution in [-0.4, -0.2) is 280 Å². The molecule has 0 radical (unpaired) electrons. The van der Waals surface area contributed by atoms with Crippen molar-refractivity contribution in [1.29, 1.82) is 0 Å². The van der Waals surface area contributed by atoms with Gasteiger partial charge in [-0.05, 0) is 122 Å². The molecule has 0 spiro atoms. The van der Waals surface area contributed by atoms with Gasteiger partial charge in [-0.25, -0.2) is 0 Å². The molecule has 0 bridgehead atoms. The number of benzene rings is 1. The van der Waals surface area contributed by atoms with E-state index in [4.69, 9.17) is 28.4 Å². The molecule has 4 saturated heterocycles. The van der Waals surface area contributed by atoms with Crippen LogP contribution in [0.4, 0.5) is 0 Å². The Morgan fingerprint density at radius 3 is 1.38 bits per heavy atom. The summed E-state index contributed by atoms with van der Waals surface area (Å²) in [6, 6.07) is 6.86. The number of hydrogen-bond donors (Lipinski definition) is 13. The third-order valence-corrected chi connectivity index (χ3v) is 19.7. The van der Waals surface area contributed by atoms with Crippen LogP contribution >= 0.6 is 0 Å². The first-order valence-electron chi connectivity index (χ1n) is 31.8. The average molecular weight is 1280 g/mol. The molecule has 13 N–H and O–H groups in total. The van der Waals surface area contributed by atoms with E-state index in [0.717, 1.165) is 5.56 Å². The summed E-state index contributed by atoms with van der Waals surface area (Å²) in [6.07, 6.45) is -17.2. The van der Waals surface area contributed by atoms with Crippen LogP contribution in [0.25, 0.3) is 0 Å². The van der Waals surface area contributed by atoms with Gasteiger partial charge in [-0.15, -0.1) is 0 Å². The van der Waals surface area contributed by atoms with E-state index in [-0.39, 0.29) is 63.2 Å². The van der Waals surface area contributed by atoms with E-state index in [0.29, 0.717) is 12.8 Å². The molecule has 89 heavy (non-hydrogen) atoms. The maximum absolute atomic E-state index is 13.4. The first-order chi connectivity index (χ1) is 41.1. The molecule has 25 nitrogen and oxygen atoms in total. The predicted molar refractivity (Wildman–Crippen MR) is 328 cm³/mol. The maximum atomic E-state index is 13.4.